The second-order valence-corrected chi connectivity index (χ2v) is 17.4. The van der Waals surface area contributed by atoms with Crippen LogP contribution < -0.4 is 10.6 Å². The summed E-state index contributed by atoms with van der Waals surface area (Å²) >= 11 is 0. The van der Waals surface area contributed by atoms with Crippen molar-refractivity contribution in [1.29, 1.82) is 0 Å². The first-order valence-corrected chi connectivity index (χ1v) is 16.8. The van der Waals surface area contributed by atoms with Crippen LogP contribution in [0.25, 0.3) is 11.2 Å². The lowest BCUT2D eigenvalue weighted by atomic mass is 10.1. The van der Waals surface area contributed by atoms with Crippen molar-refractivity contribution in [1.82, 2.24) is 24.2 Å². The van der Waals surface area contributed by atoms with E-state index in [1.165, 1.54) is 10.5 Å². The Hall–Kier alpha value is -2.02. The zero-order valence-corrected chi connectivity index (χ0v) is 21.8. The van der Waals surface area contributed by atoms with E-state index in [4.69, 9.17) is 4.74 Å². The van der Waals surface area contributed by atoms with E-state index in [1.807, 2.05) is 23.8 Å². The van der Waals surface area contributed by atoms with Crippen LogP contribution in [0.15, 0.2) is 18.5 Å². The number of hydrogen-bond acceptors (Lipinski definition) is 6. The largest absolute Gasteiger partial charge is 0.361 e. The highest BCUT2D eigenvalue weighted by molar-refractivity contribution is 7.89. The lowest BCUT2D eigenvalue weighted by molar-refractivity contribution is 0.0899. The number of carbonyl (C=O) groups is 1. The summed E-state index contributed by atoms with van der Waals surface area (Å²) in [5, 5.41) is 5.58. The van der Waals surface area contributed by atoms with E-state index < -0.39 is 24.1 Å². The third-order valence-electron chi connectivity index (χ3n) is 5.51. The number of piperidine rings is 1. The normalized spacial score (nSPS) is 17.9. The molecule has 1 saturated heterocycles. The van der Waals surface area contributed by atoms with Gasteiger partial charge < -0.3 is 14.6 Å². The maximum Gasteiger partial charge on any atom is 0.320 e. The number of aromatic nitrogens is 3. The molecule has 3 heterocycles. The van der Waals surface area contributed by atoms with Gasteiger partial charge in [-0.15, -0.1) is 0 Å². The highest BCUT2D eigenvalue weighted by Crippen LogP contribution is 2.17. The number of urea groups is 1. The Balaban J connectivity index is 1.53. The zero-order chi connectivity index (χ0) is 24.1. The third-order valence-corrected chi connectivity index (χ3v) is 9.25. The Bertz CT molecular complexity index is 1050. The highest BCUT2D eigenvalue weighted by atomic mass is 32.2. The molecule has 1 aliphatic heterocycles. The van der Waals surface area contributed by atoms with Crippen LogP contribution in [-0.2, 0) is 21.5 Å². The van der Waals surface area contributed by atoms with Crippen molar-refractivity contribution in [3.05, 3.63) is 18.5 Å². The van der Waals surface area contributed by atoms with Crippen molar-refractivity contribution >= 4 is 41.1 Å². The Kier molecular flexibility index (Phi) is 8.48. The van der Waals surface area contributed by atoms with Crippen LogP contribution in [0, 0.1) is 0 Å². The standard InChI is InChI=1S/C21H36N6O4SSi/c1-5-12-32(29,30)27-9-6-7-17(15-27)23-21(28)25-19-14-22-20-18(24-19)8-10-26(20)16-31-11-13-33(2,3)4/h8,10,14,17H,5-7,9,11-13,15-16H2,1-4H3,(H2,23,24,25,28)/t17-/m1/s1. The first-order chi connectivity index (χ1) is 15.6. The van der Waals surface area contributed by atoms with Crippen LogP contribution >= 0.6 is 0 Å². The molecule has 0 aliphatic carbocycles. The molecule has 1 aliphatic rings. The smallest absolute Gasteiger partial charge is 0.320 e. The topological polar surface area (TPSA) is 118 Å². The zero-order valence-electron chi connectivity index (χ0n) is 20.0. The van der Waals surface area contributed by atoms with Gasteiger partial charge in [0.15, 0.2) is 11.5 Å². The minimum atomic E-state index is -3.27. The number of fused-ring (bicyclic) bond motifs is 1. The molecular weight excluding hydrogens is 460 g/mol. The fourth-order valence-electron chi connectivity index (χ4n) is 3.70. The molecule has 2 aromatic heterocycles. The molecule has 0 saturated carbocycles. The molecule has 0 aromatic carbocycles. The first kappa shape index (κ1) is 25.6. The molecule has 12 heteroatoms. The molecule has 0 bridgehead atoms. The maximum atomic E-state index is 12.5. The van der Waals surface area contributed by atoms with Crippen molar-refractivity contribution in [3.63, 3.8) is 0 Å². The van der Waals surface area contributed by atoms with Gasteiger partial charge in [0.2, 0.25) is 10.0 Å². The van der Waals surface area contributed by atoms with Gasteiger partial charge in [0.25, 0.3) is 0 Å². The number of carbonyl (C=O) groups excluding carboxylic acids is 1. The minimum Gasteiger partial charge on any atom is -0.361 e. The summed E-state index contributed by atoms with van der Waals surface area (Å²) in [4.78, 5) is 21.4. The number of hydrogen-bond donors (Lipinski definition) is 2. The average Bonchev–Trinajstić information content (AvgIpc) is 3.13. The summed E-state index contributed by atoms with van der Waals surface area (Å²) in [7, 11) is -4.40. The summed E-state index contributed by atoms with van der Waals surface area (Å²) in [5.41, 5.74) is 1.36. The van der Waals surface area contributed by atoms with Gasteiger partial charge in [-0.25, -0.2) is 23.2 Å². The van der Waals surface area contributed by atoms with Crippen LogP contribution in [0.1, 0.15) is 26.2 Å². The molecule has 10 nitrogen and oxygen atoms in total. The van der Waals surface area contributed by atoms with E-state index in [0.717, 1.165) is 19.1 Å². The second-order valence-electron chi connectivity index (χ2n) is 9.71. The predicted octanol–water partition coefficient (Wildman–Crippen LogP) is 3.07. The molecular formula is C21H36N6O4SSi. The van der Waals surface area contributed by atoms with Gasteiger partial charge in [0.05, 0.1) is 11.9 Å². The van der Waals surface area contributed by atoms with Gasteiger partial charge >= 0.3 is 6.03 Å². The van der Waals surface area contributed by atoms with E-state index in [1.54, 1.807) is 0 Å². The molecule has 2 N–H and O–H groups in total. The molecule has 1 fully saturated rings. The molecule has 0 spiro atoms. The third kappa shape index (κ3) is 7.49. The summed E-state index contributed by atoms with van der Waals surface area (Å²) in [6.45, 7) is 10.7. The number of nitrogens with zero attached hydrogens (tertiary/aromatic N) is 4. The fraction of sp³-hybridized carbons (Fsp3) is 0.667. The molecule has 184 valence electrons. The number of anilines is 1. The van der Waals surface area contributed by atoms with Crippen LogP contribution in [0.5, 0.6) is 0 Å². The molecule has 2 amide bonds. The van der Waals surface area contributed by atoms with Gasteiger partial charge in [0.1, 0.15) is 12.2 Å². The van der Waals surface area contributed by atoms with Gasteiger partial charge in [-0.3, -0.25) is 5.32 Å². The number of nitrogens with one attached hydrogen (secondary N) is 2. The second kappa shape index (κ2) is 10.9. The average molecular weight is 497 g/mol. The van der Waals surface area contributed by atoms with Gasteiger partial charge in [-0.1, -0.05) is 26.6 Å². The summed E-state index contributed by atoms with van der Waals surface area (Å²) in [5.74, 6) is 0.466. The van der Waals surface area contributed by atoms with Crippen molar-refractivity contribution < 1.29 is 17.9 Å². The lowest BCUT2D eigenvalue weighted by Gasteiger charge is -2.32. The van der Waals surface area contributed by atoms with Gasteiger partial charge in [-0.05, 0) is 31.4 Å². The fourth-order valence-corrected chi connectivity index (χ4v) is 6.05. The van der Waals surface area contributed by atoms with E-state index in [-0.39, 0.29) is 11.8 Å². The Labute approximate surface area is 197 Å². The molecule has 3 rings (SSSR count). The maximum absolute atomic E-state index is 12.5. The van der Waals surface area contributed by atoms with E-state index in [0.29, 0.717) is 49.6 Å². The molecule has 0 unspecified atom stereocenters. The number of rotatable bonds is 10. The van der Waals surface area contributed by atoms with Crippen molar-refractivity contribution in [2.45, 2.75) is 64.6 Å². The molecule has 33 heavy (non-hydrogen) atoms. The van der Waals surface area contributed by atoms with E-state index >= 15 is 0 Å². The Morgan fingerprint density at radius 2 is 2.12 bits per heavy atom. The summed E-state index contributed by atoms with van der Waals surface area (Å²) in [6.07, 6.45) is 5.41. The summed E-state index contributed by atoms with van der Waals surface area (Å²) < 4.78 is 33.8. The Morgan fingerprint density at radius 1 is 1.33 bits per heavy atom. The summed E-state index contributed by atoms with van der Waals surface area (Å²) in [6, 6.07) is 2.28. The van der Waals surface area contributed by atoms with Crippen molar-refractivity contribution in [3.8, 4) is 0 Å². The number of ether oxygens (including phenoxy) is 1. The van der Waals surface area contributed by atoms with Crippen LogP contribution in [-0.4, -0.2) is 72.9 Å². The van der Waals surface area contributed by atoms with Gasteiger partial charge in [0, 0.05) is 40.0 Å². The van der Waals surface area contributed by atoms with Crippen LogP contribution in [0.3, 0.4) is 0 Å². The molecule has 0 radical (unpaired) electrons. The Morgan fingerprint density at radius 3 is 2.85 bits per heavy atom. The predicted molar refractivity (Wildman–Crippen MR) is 132 cm³/mol. The van der Waals surface area contributed by atoms with Crippen molar-refractivity contribution in [2.75, 3.05) is 30.8 Å². The highest BCUT2D eigenvalue weighted by Gasteiger charge is 2.29. The first-order valence-electron chi connectivity index (χ1n) is 11.5. The monoisotopic (exact) mass is 496 g/mol. The van der Waals surface area contributed by atoms with Crippen LogP contribution in [0.4, 0.5) is 10.6 Å². The minimum absolute atomic E-state index is 0.129. The van der Waals surface area contributed by atoms with Crippen molar-refractivity contribution in [2.24, 2.45) is 0 Å². The van der Waals surface area contributed by atoms with E-state index in [9.17, 15) is 13.2 Å². The van der Waals surface area contributed by atoms with Crippen LogP contribution in [0.2, 0.25) is 25.7 Å². The number of sulfonamides is 1. The number of amides is 2. The quantitative estimate of drug-likeness (QED) is 0.385. The molecule has 2 aromatic rings. The SMILES string of the molecule is CCCS(=O)(=O)N1CCC[C@@H](NC(=O)Nc2cnc3c(ccn3COCC[Si](C)(C)C)n2)C1. The lowest BCUT2D eigenvalue weighted by Crippen LogP contribution is -2.50. The van der Waals surface area contributed by atoms with E-state index in [2.05, 4.69) is 40.2 Å². The van der Waals surface area contributed by atoms with Gasteiger partial charge in [-0.2, -0.15) is 4.31 Å². The molecule has 1 atom stereocenters.